The molecule has 0 unspecified atom stereocenters. The van der Waals surface area contributed by atoms with Gasteiger partial charge in [-0.1, -0.05) is 13.0 Å². The molecule has 0 radical (unpaired) electrons. The molecule has 1 atom stereocenters. The second kappa shape index (κ2) is 7.02. The molecule has 1 aromatic rings. The lowest BCUT2D eigenvalue weighted by atomic mass is 10.1. The topological polar surface area (TPSA) is 25.8 Å². The van der Waals surface area contributed by atoms with Gasteiger partial charge >= 0.3 is 0 Å². The van der Waals surface area contributed by atoms with E-state index in [-0.39, 0.29) is 0 Å². The van der Waals surface area contributed by atoms with Crippen LogP contribution in [0.1, 0.15) is 31.4 Å². The normalized spacial score (nSPS) is 12.5. The van der Waals surface area contributed by atoms with E-state index in [0.717, 1.165) is 23.4 Å². The van der Waals surface area contributed by atoms with E-state index >= 15 is 0 Å². The van der Waals surface area contributed by atoms with Crippen molar-refractivity contribution >= 4 is 15.9 Å². The van der Waals surface area contributed by atoms with Crippen molar-refractivity contribution in [1.82, 2.24) is 0 Å². The van der Waals surface area contributed by atoms with Crippen molar-refractivity contribution < 1.29 is 10.1 Å². The molecule has 0 fully saturated rings. The molecule has 2 N–H and O–H groups in total. The molecule has 0 amide bonds. The Bertz CT molecular complexity index is 342. The number of aryl methyl sites for hydroxylation is 2. The van der Waals surface area contributed by atoms with Crippen LogP contribution in [0.5, 0.6) is 5.75 Å². The summed E-state index contributed by atoms with van der Waals surface area (Å²) in [5.74, 6) is 0.980. The first-order valence-electron chi connectivity index (χ1n) is 6.27. The van der Waals surface area contributed by atoms with E-state index in [2.05, 4.69) is 61.1 Å². The van der Waals surface area contributed by atoms with Gasteiger partial charge in [-0.05, 0) is 60.3 Å². The van der Waals surface area contributed by atoms with E-state index in [1.165, 1.54) is 17.5 Å². The van der Waals surface area contributed by atoms with E-state index in [1.807, 2.05) is 0 Å². The third-order valence-corrected chi connectivity index (χ3v) is 3.54. The molecule has 96 valence electrons. The third-order valence-electron chi connectivity index (χ3n) is 2.95. The Labute approximate surface area is 113 Å². The second-order valence-electron chi connectivity index (χ2n) is 4.65. The number of rotatable bonds is 6. The predicted molar refractivity (Wildman–Crippen MR) is 75.7 cm³/mol. The Balaban J connectivity index is 2.47. The van der Waals surface area contributed by atoms with Crippen LogP contribution in [-0.2, 0) is 0 Å². The van der Waals surface area contributed by atoms with Crippen molar-refractivity contribution in [2.75, 3.05) is 13.2 Å². The quantitative estimate of drug-likeness (QED) is 0.803. The standard InChI is InChI=1S/C14H22BrNO/c1-5-12(4)16-6-7-17-14-11(3)8-10(2)9-13(14)15/h8-9,12,16H,5-7H2,1-4H3/p+1/t12-/m0/s1. The molecule has 0 aromatic heterocycles. The molecule has 0 saturated carbocycles. The van der Waals surface area contributed by atoms with Gasteiger partial charge < -0.3 is 10.1 Å². The molecule has 0 spiro atoms. The summed E-state index contributed by atoms with van der Waals surface area (Å²) in [7, 11) is 0. The highest BCUT2D eigenvalue weighted by Crippen LogP contribution is 2.29. The van der Waals surface area contributed by atoms with Gasteiger partial charge in [-0.2, -0.15) is 0 Å². The lowest BCUT2D eigenvalue weighted by Crippen LogP contribution is -2.90. The van der Waals surface area contributed by atoms with Crippen LogP contribution in [0.15, 0.2) is 16.6 Å². The Morgan fingerprint density at radius 3 is 2.65 bits per heavy atom. The predicted octanol–water partition coefficient (Wildman–Crippen LogP) is 2.81. The summed E-state index contributed by atoms with van der Waals surface area (Å²) in [6.07, 6.45) is 1.20. The van der Waals surface area contributed by atoms with Crippen molar-refractivity contribution in [3.8, 4) is 5.75 Å². The molecule has 3 heteroatoms. The first-order valence-corrected chi connectivity index (χ1v) is 7.06. The molecule has 0 aliphatic rings. The van der Waals surface area contributed by atoms with Crippen LogP contribution in [0, 0.1) is 13.8 Å². The van der Waals surface area contributed by atoms with Crippen molar-refractivity contribution in [3.05, 3.63) is 27.7 Å². The lowest BCUT2D eigenvalue weighted by Gasteiger charge is -2.13. The maximum Gasteiger partial charge on any atom is 0.137 e. The van der Waals surface area contributed by atoms with Crippen LogP contribution in [0.3, 0.4) is 0 Å². The van der Waals surface area contributed by atoms with E-state index in [4.69, 9.17) is 4.74 Å². The summed E-state index contributed by atoms with van der Waals surface area (Å²) in [6.45, 7) is 10.4. The Morgan fingerprint density at radius 2 is 2.06 bits per heavy atom. The zero-order valence-corrected chi connectivity index (χ0v) is 12.8. The first-order chi connectivity index (χ1) is 8.04. The van der Waals surface area contributed by atoms with Gasteiger partial charge in [0.25, 0.3) is 0 Å². The molecule has 0 aliphatic heterocycles. The Morgan fingerprint density at radius 1 is 1.35 bits per heavy atom. The van der Waals surface area contributed by atoms with Crippen LogP contribution >= 0.6 is 15.9 Å². The number of quaternary nitrogens is 1. The minimum atomic E-state index is 0.682. The number of ether oxygens (including phenoxy) is 1. The van der Waals surface area contributed by atoms with Crippen molar-refractivity contribution in [1.29, 1.82) is 0 Å². The summed E-state index contributed by atoms with van der Waals surface area (Å²) in [5.41, 5.74) is 2.45. The number of hydrogen-bond donors (Lipinski definition) is 1. The van der Waals surface area contributed by atoms with E-state index in [1.54, 1.807) is 0 Å². The number of benzene rings is 1. The maximum absolute atomic E-state index is 5.84. The van der Waals surface area contributed by atoms with Crippen molar-refractivity contribution in [2.24, 2.45) is 0 Å². The number of halogens is 1. The fourth-order valence-electron chi connectivity index (χ4n) is 1.77. The molecule has 2 nitrogen and oxygen atoms in total. The summed E-state index contributed by atoms with van der Waals surface area (Å²) in [4.78, 5) is 0. The summed E-state index contributed by atoms with van der Waals surface area (Å²) in [5, 5.41) is 2.33. The van der Waals surface area contributed by atoms with Crippen LogP contribution in [0.25, 0.3) is 0 Å². The third kappa shape index (κ3) is 4.68. The molecule has 0 bridgehead atoms. The van der Waals surface area contributed by atoms with Crippen LogP contribution in [0.4, 0.5) is 0 Å². The molecule has 17 heavy (non-hydrogen) atoms. The largest absolute Gasteiger partial charge is 0.486 e. The van der Waals surface area contributed by atoms with E-state index in [0.29, 0.717) is 6.04 Å². The zero-order valence-electron chi connectivity index (χ0n) is 11.2. The molecule has 0 saturated heterocycles. The average molecular weight is 301 g/mol. The second-order valence-corrected chi connectivity index (χ2v) is 5.51. The SMILES string of the molecule is CC[C@H](C)[NH2+]CCOc1c(C)cc(C)cc1Br. The highest BCUT2D eigenvalue weighted by molar-refractivity contribution is 9.10. The number of hydrogen-bond acceptors (Lipinski definition) is 1. The van der Waals surface area contributed by atoms with Crippen LogP contribution < -0.4 is 10.1 Å². The summed E-state index contributed by atoms with van der Waals surface area (Å²) < 4.78 is 6.89. The minimum absolute atomic E-state index is 0.682. The molecular formula is C14H23BrNO+. The fraction of sp³-hybridized carbons (Fsp3) is 0.571. The average Bonchev–Trinajstić information content (AvgIpc) is 2.26. The monoisotopic (exact) mass is 300 g/mol. The van der Waals surface area contributed by atoms with Gasteiger partial charge in [-0.25, -0.2) is 0 Å². The lowest BCUT2D eigenvalue weighted by molar-refractivity contribution is -0.686. The highest BCUT2D eigenvalue weighted by atomic mass is 79.9. The van der Waals surface area contributed by atoms with Gasteiger partial charge in [0.1, 0.15) is 18.9 Å². The summed E-state index contributed by atoms with van der Waals surface area (Å²) in [6, 6.07) is 4.93. The van der Waals surface area contributed by atoms with Gasteiger partial charge in [-0.15, -0.1) is 0 Å². The molecule has 1 aromatic carbocycles. The zero-order chi connectivity index (χ0) is 12.8. The molecular weight excluding hydrogens is 278 g/mol. The van der Waals surface area contributed by atoms with Gasteiger partial charge in [0.05, 0.1) is 10.5 Å². The van der Waals surface area contributed by atoms with Gasteiger partial charge in [0.2, 0.25) is 0 Å². The summed E-state index contributed by atoms with van der Waals surface area (Å²) >= 11 is 3.56. The Hall–Kier alpha value is -0.540. The van der Waals surface area contributed by atoms with E-state index < -0.39 is 0 Å². The molecule has 0 heterocycles. The Kier molecular flexibility index (Phi) is 6.00. The molecule has 0 aliphatic carbocycles. The smallest absolute Gasteiger partial charge is 0.137 e. The highest BCUT2D eigenvalue weighted by Gasteiger charge is 2.07. The van der Waals surface area contributed by atoms with Crippen LogP contribution in [-0.4, -0.2) is 19.2 Å². The van der Waals surface area contributed by atoms with Gasteiger partial charge in [0, 0.05) is 0 Å². The van der Waals surface area contributed by atoms with Crippen molar-refractivity contribution in [2.45, 2.75) is 40.2 Å². The fourth-order valence-corrected chi connectivity index (χ4v) is 2.55. The van der Waals surface area contributed by atoms with E-state index in [9.17, 15) is 0 Å². The maximum atomic E-state index is 5.84. The van der Waals surface area contributed by atoms with Gasteiger partial charge in [-0.3, -0.25) is 0 Å². The minimum Gasteiger partial charge on any atom is -0.486 e. The van der Waals surface area contributed by atoms with Crippen molar-refractivity contribution in [3.63, 3.8) is 0 Å². The van der Waals surface area contributed by atoms with Gasteiger partial charge in [0.15, 0.2) is 0 Å². The number of nitrogens with two attached hydrogens (primary N) is 1. The molecule has 1 rings (SSSR count). The van der Waals surface area contributed by atoms with Crippen LogP contribution in [0.2, 0.25) is 0 Å². The first kappa shape index (κ1) is 14.5.